The molecule has 3 aliphatic rings. The summed E-state index contributed by atoms with van der Waals surface area (Å²) in [5.41, 5.74) is -0.586. The van der Waals surface area contributed by atoms with E-state index >= 15 is 0 Å². The summed E-state index contributed by atoms with van der Waals surface area (Å²) in [6, 6.07) is 0.354. The third kappa shape index (κ3) is 3.43. The second-order valence-corrected chi connectivity index (χ2v) is 8.05. The first-order chi connectivity index (χ1) is 10.9. The Bertz CT molecular complexity index is 487. The molecule has 3 rings (SSSR count). The maximum Gasteiger partial charge on any atom is 0.311 e. The number of likely N-dealkylation sites (tertiary alicyclic amines) is 1. The van der Waals surface area contributed by atoms with Crippen molar-refractivity contribution in [3.05, 3.63) is 0 Å². The fourth-order valence-corrected chi connectivity index (χ4v) is 5.22. The molecule has 0 spiro atoms. The van der Waals surface area contributed by atoms with Gasteiger partial charge in [-0.2, -0.15) is 0 Å². The normalized spacial score (nSPS) is 36.0. The average Bonchev–Trinajstić information content (AvgIpc) is 3.04. The smallest absolute Gasteiger partial charge is 0.311 e. The number of fused-ring (bicyclic) bond motifs is 1. The van der Waals surface area contributed by atoms with Crippen LogP contribution in [0.15, 0.2) is 0 Å². The van der Waals surface area contributed by atoms with E-state index in [9.17, 15) is 14.7 Å². The van der Waals surface area contributed by atoms with Crippen molar-refractivity contribution in [2.75, 3.05) is 26.7 Å². The molecule has 1 N–H and O–H groups in total. The van der Waals surface area contributed by atoms with Gasteiger partial charge in [0.05, 0.1) is 12.0 Å². The van der Waals surface area contributed by atoms with Crippen LogP contribution >= 0.6 is 12.4 Å². The van der Waals surface area contributed by atoms with Crippen LogP contribution in [0.2, 0.25) is 0 Å². The number of carboxylic acid groups (broad SMARTS) is 1. The van der Waals surface area contributed by atoms with Crippen LogP contribution in [0.25, 0.3) is 0 Å². The molecular formula is C18H31ClN2O3. The fraction of sp³-hybridized carbons (Fsp3) is 0.889. The molecule has 3 fully saturated rings. The van der Waals surface area contributed by atoms with E-state index in [1.165, 1.54) is 19.3 Å². The van der Waals surface area contributed by atoms with Gasteiger partial charge in [0.25, 0.3) is 0 Å². The summed E-state index contributed by atoms with van der Waals surface area (Å²) >= 11 is 0. The zero-order valence-corrected chi connectivity index (χ0v) is 15.7. The summed E-state index contributed by atoms with van der Waals surface area (Å²) in [6.45, 7) is 3.94. The number of carboxylic acids is 1. The van der Waals surface area contributed by atoms with Gasteiger partial charge in [0, 0.05) is 26.2 Å². The van der Waals surface area contributed by atoms with Crippen LogP contribution in [0.3, 0.4) is 0 Å². The van der Waals surface area contributed by atoms with Crippen molar-refractivity contribution in [2.45, 2.75) is 57.9 Å². The molecule has 0 aromatic carbocycles. The Hall–Kier alpha value is -0.810. The van der Waals surface area contributed by atoms with Crippen molar-refractivity contribution < 1.29 is 14.7 Å². The van der Waals surface area contributed by atoms with E-state index in [-0.39, 0.29) is 24.2 Å². The molecule has 0 aromatic rings. The van der Waals surface area contributed by atoms with Crippen molar-refractivity contribution in [3.63, 3.8) is 0 Å². The number of likely N-dealkylation sites (N-methyl/N-ethyl adjacent to an activating group) is 1. The molecule has 5 nitrogen and oxygen atoms in total. The molecule has 2 saturated carbocycles. The number of rotatable bonds is 4. The van der Waals surface area contributed by atoms with Gasteiger partial charge in [-0.1, -0.05) is 26.2 Å². The van der Waals surface area contributed by atoms with E-state index in [0.29, 0.717) is 25.0 Å². The van der Waals surface area contributed by atoms with Crippen LogP contribution in [0, 0.1) is 17.3 Å². The van der Waals surface area contributed by atoms with E-state index in [0.717, 1.165) is 32.2 Å². The second kappa shape index (κ2) is 7.61. The number of carbonyl (C=O) groups is 2. The zero-order chi connectivity index (χ0) is 16.6. The van der Waals surface area contributed by atoms with Gasteiger partial charge in [0.2, 0.25) is 5.91 Å². The number of halogens is 1. The molecule has 2 unspecified atom stereocenters. The fourth-order valence-electron chi connectivity index (χ4n) is 5.22. The predicted octanol–water partition coefficient (Wildman–Crippen LogP) is 2.63. The minimum atomic E-state index is -0.663. The molecule has 2 aliphatic carbocycles. The summed E-state index contributed by atoms with van der Waals surface area (Å²) in [5, 5.41) is 9.65. The van der Waals surface area contributed by atoms with Crippen molar-refractivity contribution in [1.29, 1.82) is 0 Å². The molecule has 1 aliphatic heterocycles. The summed E-state index contributed by atoms with van der Waals surface area (Å²) in [5.74, 6) is 0.293. The Morgan fingerprint density at radius 3 is 2.54 bits per heavy atom. The van der Waals surface area contributed by atoms with Gasteiger partial charge in [-0.15, -0.1) is 12.4 Å². The maximum atomic E-state index is 12.7. The van der Waals surface area contributed by atoms with Crippen LogP contribution in [0.1, 0.15) is 51.9 Å². The average molecular weight is 359 g/mol. The van der Waals surface area contributed by atoms with Crippen LogP contribution in [-0.2, 0) is 9.59 Å². The molecule has 1 saturated heterocycles. The molecule has 138 valence electrons. The summed E-state index contributed by atoms with van der Waals surface area (Å²) in [6.07, 6.45) is 7.56. The largest absolute Gasteiger partial charge is 0.481 e. The lowest BCUT2D eigenvalue weighted by Gasteiger charge is -2.37. The SMILES string of the molecule is CC1CCCCC1N(C)C(=O)CN1C[C@@H]2CCC[C@@]2(C(=O)O)C1.Cl. The van der Waals surface area contributed by atoms with Gasteiger partial charge in [-0.05, 0) is 37.5 Å². The van der Waals surface area contributed by atoms with Gasteiger partial charge < -0.3 is 10.0 Å². The summed E-state index contributed by atoms with van der Waals surface area (Å²) in [7, 11) is 1.93. The number of amides is 1. The summed E-state index contributed by atoms with van der Waals surface area (Å²) < 4.78 is 0. The van der Waals surface area contributed by atoms with E-state index < -0.39 is 11.4 Å². The Labute approximate surface area is 151 Å². The lowest BCUT2D eigenvalue weighted by molar-refractivity contribution is -0.149. The molecule has 1 heterocycles. The maximum absolute atomic E-state index is 12.7. The van der Waals surface area contributed by atoms with Crippen LogP contribution in [-0.4, -0.2) is 59.5 Å². The van der Waals surface area contributed by atoms with Crippen molar-refractivity contribution in [2.24, 2.45) is 17.3 Å². The van der Waals surface area contributed by atoms with E-state index in [1.54, 1.807) is 0 Å². The highest BCUT2D eigenvalue weighted by atomic mass is 35.5. The highest BCUT2D eigenvalue weighted by Gasteiger charge is 2.54. The van der Waals surface area contributed by atoms with Gasteiger partial charge in [-0.3, -0.25) is 14.5 Å². The number of hydrogen-bond donors (Lipinski definition) is 1. The number of hydrogen-bond acceptors (Lipinski definition) is 3. The third-order valence-electron chi connectivity index (χ3n) is 6.68. The van der Waals surface area contributed by atoms with Crippen LogP contribution < -0.4 is 0 Å². The predicted molar refractivity (Wildman–Crippen MR) is 95.3 cm³/mol. The third-order valence-corrected chi connectivity index (χ3v) is 6.68. The quantitative estimate of drug-likeness (QED) is 0.839. The lowest BCUT2D eigenvalue weighted by Crippen LogP contribution is -2.47. The standard InChI is InChI=1S/C18H30N2O3.ClH/c1-13-6-3-4-8-15(13)19(2)16(21)11-20-10-14-7-5-9-18(14,12-20)17(22)23;/h13-15H,3-12H2,1-2H3,(H,22,23);1H/t13?,14-,15?,18+;/m0./s1. The van der Waals surface area contributed by atoms with Crippen molar-refractivity contribution in [1.82, 2.24) is 9.80 Å². The first kappa shape index (κ1) is 19.5. The zero-order valence-electron chi connectivity index (χ0n) is 14.9. The molecule has 0 bridgehead atoms. The highest BCUT2D eigenvalue weighted by Crippen LogP contribution is 2.48. The second-order valence-electron chi connectivity index (χ2n) is 8.05. The Kier molecular flexibility index (Phi) is 6.19. The van der Waals surface area contributed by atoms with Crippen molar-refractivity contribution in [3.8, 4) is 0 Å². The molecule has 6 heteroatoms. The lowest BCUT2D eigenvalue weighted by atomic mass is 9.81. The summed E-state index contributed by atoms with van der Waals surface area (Å²) in [4.78, 5) is 28.4. The Balaban J connectivity index is 0.00000208. The number of nitrogens with zero attached hydrogens (tertiary/aromatic N) is 2. The Morgan fingerprint density at radius 2 is 1.92 bits per heavy atom. The van der Waals surface area contributed by atoms with E-state index in [4.69, 9.17) is 0 Å². The molecule has 1 amide bonds. The first-order valence-electron chi connectivity index (χ1n) is 9.15. The van der Waals surface area contributed by atoms with E-state index in [2.05, 4.69) is 11.8 Å². The van der Waals surface area contributed by atoms with Gasteiger partial charge in [0.1, 0.15) is 0 Å². The van der Waals surface area contributed by atoms with Gasteiger partial charge >= 0.3 is 5.97 Å². The minimum absolute atomic E-state index is 0. The monoisotopic (exact) mass is 358 g/mol. The minimum Gasteiger partial charge on any atom is -0.481 e. The molecule has 0 aromatic heterocycles. The van der Waals surface area contributed by atoms with Crippen molar-refractivity contribution >= 4 is 24.3 Å². The van der Waals surface area contributed by atoms with Crippen LogP contribution in [0.4, 0.5) is 0 Å². The molecule has 4 atom stereocenters. The molecule has 24 heavy (non-hydrogen) atoms. The van der Waals surface area contributed by atoms with Gasteiger partial charge in [0.15, 0.2) is 0 Å². The van der Waals surface area contributed by atoms with E-state index in [1.807, 2.05) is 11.9 Å². The van der Waals surface area contributed by atoms with Gasteiger partial charge in [-0.25, -0.2) is 0 Å². The van der Waals surface area contributed by atoms with Crippen LogP contribution in [0.5, 0.6) is 0 Å². The Morgan fingerprint density at radius 1 is 1.21 bits per heavy atom. The molecular weight excluding hydrogens is 328 g/mol. The topological polar surface area (TPSA) is 60.9 Å². The highest BCUT2D eigenvalue weighted by molar-refractivity contribution is 5.85. The number of carbonyl (C=O) groups excluding carboxylic acids is 1. The first-order valence-corrected chi connectivity index (χ1v) is 9.15. The number of aliphatic carboxylic acids is 1. The molecule has 0 radical (unpaired) electrons.